The molecule has 2 aromatic carbocycles. The smallest absolute Gasteiger partial charge is 0.118 e. The first-order valence-electron chi connectivity index (χ1n) is 11.7. The standard InChI is InChI=1S/C26H35N3O/c1-30-24-12-9-22(10-13-24)18-29-19-23-11-14-25(27-15-5-6-16-27)26(29)20-28(23)17-21-7-3-2-4-8-21/h2-4,7-10,12-13,23,25-26H,5-6,11,14-20H2,1H3/t23-,25-,26+/m0/s1. The van der Waals surface area contributed by atoms with Gasteiger partial charge in [-0.2, -0.15) is 0 Å². The molecule has 4 saturated heterocycles. The molecule has 4 heterocycles. The first-order valence-corrected chi connectivity index (χ1v) is 11.7. The van der Waals surface area contributed by atoms with E-state index in [0.717, 1.165) is 18.8 Å². The average Bonchev–Trinajstić information content (AvgIpc) is 3.20. The highest BCUT2D eigenvalue weighted by atomic mass is 16.5. The molecule has 6 rings (SSSR count). The second kappa shape index (κ2) is 9.09. The van der Waals surface area contributed by atoms with E-state index in [4.69, 9.17) is 4.74 Å². The maximum absolute atomic E-state index is 5.36. The fourth-order valence-electron chi connectivity index (χ4n) is 5.88. The molecule has 0 aliphatic carbocycles. The van der Waals surface area contributed by atoms with Crippen LogP contribution in [0.4, 0.5) is 0 Å². The van der Waals surface area contributed by atoms with Crippen LogP contribution in [0.25, 0.3) is 0 Å². The van der Waals surface area contributed by atoms with E-state index in [-0.39, 0.29) is 0 Å². The van der Waals surface area contributed by atoms with Crippen LogP contribution in [0.3, 0.4) is 0 Å². The summed E-state index contributed by atoms with van der Waals surface area (Å²) in [5.41, 5.74) is 2.85. The minimum atomic E-state index is 0.618. The van der Waals surface area contributed by atoms with Crippen LogP contribution in [0, 0.1) is 0 Å². The van der Waals surface area contributed by atoms with E-state index in [1.165, 1.54) is 63.0 Å². The van der Waals surface area contributed by atoms with Crippen molar-refractivity contribution in [2.24, 2.45) is 0 Å². The van der Waals surface area contributed by atoms with Gasteiger partial charge in [0.15, 0.2) is 0 Å². The maximum atomic E-state index is 5.36. The van der Waals surface area contributed by atoms with Gasteiger partial charge in [-0.15, -0.1) is 0 Å². The molecule has 3 atom stereocenters. The van der Waals surface area contributed by atoms with Gasteiger partial charge >= 0.3 is 0 Å². The van der Waals surface area contributed by atoms with Crippen LogP contribution in [0.5, 0.6) is 5.75 Å². The summed E-state index contributed by atoms with van der Waals surface area (Å²) >= 11 is 0. The van der Waals surface area contributed by atoms with E-state index < -0.39 is 0 Å². The Morgan fingerprint density at radius 3 is 2.20 bits per heavy atom. The molecule has 2 bridgehead atoms. The van der Waals surface area contributed by atoms with Crippen LogP contribution in [0.15, 0.2) is 54.6 Å². The SMILES string of the molecule is COc1ccc(CN2C[C@@H]3CC[C@H](N4CCCC4)[C@H]2CN3Cc2ccccc2)cc1. The number of nitrogens with zero attached hydrogens (tertiary/aromatic N) is 3. The van der Waals surface area contributed by atoms with Crippen molar-refractivity contribution >= 4 is 0 Å². The van der Waals surface area contributed by atoms with Crippen molar-refractivity contribution in [2.45, 2.75) is 56.9 Å². The summed E-state index contributed by atoms with van der Waals surface area (Å²) in [6.45, 7) is 7.10. The Labute approximate surface area is 181 Å². The fraction of sp³-hybridized carbons (Fsp3) is 0.538. The van der Waals surface area contributed by atoms with Crippen molar-refractivity contribution in [3.63, 3.8) is 0 Å². The van der Waals surface area contributed by atoms with Gasteiger partial charge in [0.05, 0.1) is 7.11 Å². The topological polar surface area (TPSA) is 19.0 Å². The molecule has 160 valence electrons. The Morgan fingerprint density at radius 1 is 0.767 bits per heavy atom. The zero-order valence-corrected chi connectivity index (χ0v) is 18.2. The lowest BCUT2D eigenvalue weighted by atomic mass is 10.0. The van der Waals surface area contributed by atoms with Crippen molar-refractivity contribution in [3.8, 4) is 5.75 Å². The third-order valence-corrected chi connectivity index (χ3v) is 7.47. The van der Waals surface area contributed by atoms with Gasteiger partial charge in [0.25, 0.3) is 0 Å². The van der Waals surface area contributed by atoms with Gasteiger partial charge in [0.1, 0.15) is 5.75 Å². The Morgan fingerprint density at radius 2 is 1.47 bits per heavy atom. The van der Waals surface area contributed by atoms with E-state index in [1.807, 2.05) is 0 Å². The number of ether oxygens (including phenoxy) is 1. The summed E-state index contributed by atoms with van der Waals surface area (Å²) in [4.78, 5) is 8.38. The average molecular weight is 406 g/mol. The molecule has 0 unspecified atom stereocenters. The van der Waals surface area contributed by atoms with E-state index in [1.54, 1.807) is 7.11 Å². The zero-order chi connectivity index (χ0) is 20.3. The largest absolute Gasteiger partial charge is 0.497 e. The van der Waals surface area contributed by atoms with Crippen LogP contribution in [0.2, 0.25) is 0 Å². The summed E-state index contributed by atoms with van der Waals surface area (Å²) < 4.78 is 5.36. The third-order valence-electron chi connectivity index (χ3n) is 7.47. The van der Waals surface area contributed by atoms with Gasteiger partial charge in [-0.05, 0) is 62.0 Å². The number of rotatable bonds is 6. The highest BCUT2D eigenvalue weighted by Gasteiger charge is 2.43. The second-order valence-electron chi connectivity index (χ2n) is 9.30. The predicted molar refractivity (Wildman–Crippen MR) is 122 cm³/mol. The number of methoxy groups -OCH3 is 1. The van der Waals surface area contributed by atoms with Gasteiger partial charge in [0, 0.05) is 44.3 Å². The summed E-state index contributed by atoms with van der Waals surface area (Å²) in [5, 5.41) is 0. The molecular weight excluding hydrogens is 370 g/mol. The van der Waals surface area contributed by atoms with Crippen LogP contribution >= 0.6 is 0 Å². The second-order valence-corrected chi connectivity index (χ2v) is 9.30. The van der Waals surface area contributed by atoms with Gasteiger partial charge in [0.2, 0.25) is 0 Å². The molecule has 30 heavy (non-hydrogen) atoms. The molecule has 0 saturated carbocycles. The van der Waals surface area contributed by atoms with Gasteiger partial charge in [-0.1, -0.05) is 42.5 Å². The first-order chi connectivity index (χ1) is 14.8. The van der Waals surface area contributed by atoms with Crippen LogP contribution < -0.4 is 4.74 Å². The number of likely N-dealkylation sites (tertiary alicyclic amines) is 1. The van der Waals surface area contributed by atoms with Crippen LogP contribution in [0.1, 0.15) is 36.8 Å². The summed E-state index contributed by atoms with van der Waals surface area (Å²) in [7, 11) is 1.74. The van der Waals surface area contributed by atoms with E-state index in [0.29, 0.717) is 18.1 Å². The Bertz CT molecular complexity index is 803. The van der Waals surface area contributed by atoms with Gasteiger partial charge in [-0.25, -0.2) is 0 Å². The molecule has 0 aromatic heterocycles. The number of benzene rings is 2. The molecular formula is C26H35N3O. The van der Waals surface area contributed by atoms with Crippen LogP contribution in [-0.2, 0) is 13.1 Å². The Hall–Kier alpha value is -1.88. The lowest BCUT2D eigenvalue weighted by Gasteiger charge is -2.47. The maximum Gasteiger partial charge on any atom is 0.118 e. The minimum Gasteiger partial charge on any atom is -0.497 e. The van der Waals surface area contributed by atoms with Gasteiger partial charge in [-0.3, -0.25) is 14.7 Å². The molecule has 0 amide bonds. The van der Waals surface area contributed by atoms with Crippen LogP contribution in [-0.4, -0.2) is 66.1 Å². The molecule has 2 aromatic rings. The summed E-state index contributed by atoms with van der Waals surface area (Å²) in [5.74, 6) is 0.945. The highest BCUT2D eigenvalue weighted by molar-refractivity contribution is 5.27. The number of fused-ring (bicyclic) bond motifs is 4. The minimum absolute atomic E-state index is 0.618. The molecule has 4 fully saturated rings. The normalized spacial score (nSPS) is 28.0. The number of hydrogen-bond acceptors (Lipinski definition) is 4. The number of piperazine rings is 1. The first kappa shape index (κ1) is 20.0. The van der Waals surface area contributed by atoms with Gasteiger partial charge < -0.3 is 4.74 Å². The molecule has 0 spiro atoms. The van der Waals surface area contributed by atoms with Crippen molar-refractivity contribution in [3.05, 3.63) is 65.7 Å². The summed E-state index contributed by atoms with van der Waals surface area (Å²) in [6.07, 6.45) is 5.42. The van der Waals surface area contributed by atoms with Crippen molar-refractivity contribution in [1.82, 2.24) is 14.7 Å². The zero-order valence-electron chi connectivity index (χ0n) is 18.2. The fourth-order valence-corrected chi connectivity index (χ4v) is 5.88. The molecule has 4 heteroatoms. The highest BCUT2D eigenvalue weighted by Crippen LogP contribution is 2.34. The van der Waals surface area contributed by atoms with E-state index in [9.17, 15) is 0 Å². The summed E-state index contributed by atoms with van der Waals surface area (Å²) in [6, 6.07) is 21.7. The van der Waals surface area contributed by atoms with E-state index >= 15 is 0 Å². The molecule has 0 radical (unpaired) electrons. The van der Waals surface area contributed by atoms with E-state index in [2.05, 4.69) is 69.3 Å². The van der Waals surface area contributed by atoms with Crippen molar-refractivity contribution in [2.75, 3.05) is 33.3 Å². The Kier molecular flexibility index (Phi) is 6.07. The molecule has 4 aliphatic rings. The van der Waals surface area contributed by atoms with Crippen molar-refractivity contribution < 1.29 is 4.74 Å². The quantitative estimate of drug-likeness (QED) is 0.723. The number of hydrogen-bond donors (Lipinski definition) is 0. The lowest BCUT2D eigenvalue weighted by molar-refractivity contribution is 0.00656. The third kappa shape index (κ3) is 4.27. The molecule has 0 N–H and O–H groups in total. The lowest BCUT2D eigenvalue weighted by Crippen LogP contribution is -2.60. The molecule has 4 aliphatic heterocycles. The molecule has 4 nitrogen and oxygen atoms in total. The predicted octanol–water partition coefficient (Wildman–Crippen LogP) is 4.01. The monoisotopic (exact) mass is 405 g/mol. The Balaban J connectivity index is 1.36. The van der Waals surface area contributed by atoms with Crippen molar-refractivity contribution in [1.29, 1.82) is 0 Å².